The average molecular weight is 259 g/mol. The molecular weight excluding hydrogens is 238 g/mol. The summed E-state index contributed by atoms with van der Waals surface area (Å²) in [6.45, 7) is 3.86. The standard InChI is InChI=1S/C12H21NO5/c1-3-5-6-8(4-2)11(16)13-9(12(17)18)7-10(14)15/h8-9H,3-7H2,1-2H3,(H,13,16)(H,14,15)(H,17,18). The number of carbonyl (C=O) groups excluding carboxylic acids is 1. The molecule has 2 atom stereocenters. The molecule has 0 saturated carbocycles. The lowest BCUT2D eigenvalue weighted by atomic mass is 9.98. The number of carboxylic acids is 2. The van der Waals surface area contributed by atoms with Gasteiger partial charge in [0.25, 0.3) is 0 Å². The largest absolute Gasteiger partial charge is 0.481 e. The van der Waals surface area contributed by atoms with Crippen LogP contribution in [0.1, 0.15) is 46.0 Å². The van der Waals surface area contributed by atoms with Crippen molar-refractivity contribution in [1.29, 1.82) is 0 Å². The minimum atomic E-state index is -1.36. The molecule has 0 rings (SSSR count). The third kappa shape index (κ3) is 6.22. The molecule has 0 spiro atoms. The van der Waals surface area contributed by atoms with Crippen molar-refractivity contribution in [2.45, 2.75) is 52.0 Å². The van der Waals surface area contributed by atoms with Gasteiger partial charge in [-0.3, -0.25) is 9.59 Å². The first-order chi connectivity index (χ1) is 8.42. The molecule has 18 heavy (non-hydrogen) atoms. The van der Waals surface area contributed by atoms with E-state index in [2.05, 4.69) is 5.32 Å². The second-order valence-corrected chi connectivity index (χ2v) is 4.24. The Bertz CT molecular complexity index is 303. The maximum absolute atomic E-state index is 11.8. The maximum atomic E-state index is 11.8. The molecule has 3 N–H and O–H groups in total. The molecule has 0 bridgehead atoms. The van der Waals surface area contributed by atoms with Crippen LogP contribution >= 0.6 is 0 Å². The van der Waals surface area contributed by atoms with Crippen LogP contribution in [0.4, 0.5) is 0 Å². The summed E-state index contributed by atoms with van der Waals surface area (Å²) in [5.74, 6) is -3.19. The summed E-state index contributed by atoms with van der Waals surface area (Å²) >= 11 is 0. The van der Waals surface area contributed by atoms with E-state index >= 15 is 0 Å². The lowest BCUT2D eigenvalue weighted by Gasteiger charge is -2.18. The first-order valence-corrected chi connectivity index (χ1v) is 6.17. The number of carbonyl (C=O) groups is 3. The second-order valence-electron chi connectivity index (χ2n) is 4.24. The van der Waals surface area contributed by atoms with Crippen molar-refractivity contribution >= 4 is 17.8 Å². The van der Waals surface area contributed by atoms with Crippen molar-refractivity contribution in [2.75, 3.05) is 0 Å². The lowest BCUT2D eigenvalue weighted by Crippen LogP contribution is -2.44. The Balaban J connectivity index is 4.46. The zero-order valence-corrected chi connectivity index (χ0v) is 10.8. The summed E-state index contributed by atoms with van der Waals surface area (Å²) in [5.41, 5.74) is 0. The number of unbranched alkanes of at least 4 members (excludes halogenated alkanes) is 1. The summed E-state index contributed by atoms with van der Waals surface area (Å²) in [6.07, 6.45) is 2.55. The summed E-state index contributed by atoms with van der Waals surface area (Å²) in [7, 11) is 0. The van der Waals surface area contributed by atoms with E-state index in [-0.39, 0.29) is 11.8 Å². The number of amides is 1. The first-order valence-electron chi connectivity index (χ1n) is 6.17. The van der Waals surface area contributed by atoms with E-state index in [4.69, 9.17) is 10.2 Å². The number of carboxylic acid groups (broad SMARTS) is 2. The molecule has 2 unspecified atom stereocenters. The van der Waals surface area contributed by atoms with Gasteiger partial charge in [0.15, 0.2) is 0 Å². The van der Waals surface area contributed by atoms with Gasteiger partial charge < -0.3 is 15.5 Å². The van der Waals surface area contributed by atoms with Crippen LogP contribution in [-0.4, -0.2) is 34.1 Å². The van der Waals surface area contributed by atoms with Gasteiger partial charge in [-0.25, -0.2) is 4.79 Å². The van der Waals surface area contributed by atoms with Crippen molar-refractivity contribution < 1.29 is 24.6 Å². The Hall–Kier alpha value is -1.59. The van der Waals surface area contributed by atoms with Crippen LogP contribution in [0.3, 0.4) is 0 Å². The predicted octanol–water partition coefficient (Wildman–Crippen LogP) is 1.25. The quantitative estimate of drug-likeness (QED) is 0.578. The van der Waals surface area contributed by atoms with Crippen LogP contribution in [-0.2, 0) is 14.4 Å². The van der Waals surface area contributed by atoms with E-state index in [1.165, 1.54) is 0 Å². The van der Waals surface area contributed by atoms with Crippen LogP contribution in [0.25, 0.3) is 0 Å². The predicted molar refractivity (Wildman–Crippen MR) is 65.1 cm³/mol. The molecule has 0 aliphatic heterocycles. The highest BCUT2D eigenvalue weighted by atomic mass is 16.4. The van der Waals surface area contributed by atoms with Crippen LogP contribution in [0.5, 0.6) is 0 Å². The van der Waals surface area contributed by atoms with Gasteiger partial charge >= 0.3 is 11.9 Å². The lowest BCUT2D eigenvalue weighted by molar-refractivity contribution is -0.147. The topological polar surface area (TPSA) is 104 Å². The smallest absolute Gasteiger partial charge is 0.326 e. The fourth-order valence-corrected chi connectivity index (χ4v) is 1.64. The van der Waals surface area contributed by atoms with Crippen molar-refractivity contribution in [2.24, 2.45) is 5.92 Å². The maximum Gasteiger partial charge on any atom is 0.326 e. The van der Waals surface area contributed by atoms with E-state index in [0.717, 1.165) is 12.8 Å². The molecule has 0 heterocycles. The molecule has 0 fully saturated rings. The Morgan fingerprint density at radius 3 is 2.17 bits per heavy atom. The molecule has 1 amide bonds. The molecular formula is C12H21NO5. The zero-order valence-electron chi connectivity index (χ0n) is 10.8. The summed E-state index contributed by atoms with van der Waals surface area (Å²) in [6, 6.07) is -1.36. The van der Waals surface area contributed by atoms with Gasteiger partial charge in [0.05, 0.1) is 6.42 Å². The van der Waals surface area contributed by atoms with Crippen molar-refractivity contribution in [3.63, 3.8) is 0 Å². The molecule has 0 saturated heterocycles. The Kier molecular flexibility index (Phi) is 7.74. The SMILES string of the molecule is CCCCC(CC)C(=O)NC(CC(=O)O)C(=O)O. The molecule has 0 radical (unpaired) electrons. The van der Waals surface area contributed by atoms with E-state index < -0.39 is 24.4 Å². The second kappa shape index (κ2) is 8.49. The minimum Gasteiger partial charge on any atom is -0.481 e. The fourth-order valence-electron chi connectivity index (χ4n) is 1.64. The molecule has 0 aromatic carbocycles. The third-order valence-electron chi connectivity index (χ3n) is 2.76. The van der Waals surface area contributed by atoms with Crippen molar-refractivity contribution in [1.82, 2.24) is 5.32 Å². The minimum absolute atomic E-state index is 0.249. The molecule has 0 aliphatic rings. The van der Waals surface area contributed by atoms with Crippen LogP contribution < -0.4 is 5.32 Å². The number of rotatable bonds is 9. The summed E-state index contributed by atoms with van der Waals surface area (Å²) in [4.78, 5) is 33.1. The van der Waals surface area contributed by atoms with Gasteiger partial charge in [-0.05, 0) is 12.8 Å². The molecule has 0 aliphatic carbocycles. The van der Waals surface area contributed by atoms with Gasteiger partial charge in [-0.2, -0.15) is 0 Å². The van der Waals surface area contributed by atoms with E-state index in [1.807, 2.05) is 13.8 Å². The van der Waals surface area contributed by atoms with Gasteiger partial charge in [0, 0.05) is 5.92 Å². The number of aliphatic carboxylic acids is 2. The third-order valence-corrected chi connectivity index (χ3v) is 2.76. The van der Waals surface area contributed by atoms with E-state index in [0.29, 0.717) is 12.8 Å². The Morgan fingerprint density at radius 2 is 1.78 bits per heavy atom. The van der Waals surface area contributed by atoms with Gasteiger partial charge in [-0.15, -0.1) is 0 Å². The molecule has 104 valence electrons. The molecule has 0 aromatic rings. The van der Waals surface area contributed by atoms with Crippen molar-refractivity contribution in [3.8, 4) is 0 Å². The highest BCUT2D eigenvalue weighted by Gasteiger charge is 2.25. The highest BCUT2D eigenvalue weighted by molar-refractivity contribution is 5.87. The number of nitrogens with one attached hydrogen (secondary N) is 1. The van der Waals surface area contributed by atoms with Crippen LogP contribution in [0.2, 0.25) is 0 Å². The first kappa shape index (κ1) is 16.4. The summed E-state index contributed by atoms with van der Waals surface area (Å²) < 4.78 is 0. The van der Waals surface area contributed by atoms with Crippen LogP contribution in [0, 0.1) is 5.92 Å². The Labute approximate surface area is 106 Å². The van der Waals surface area contributed by atoms with Gasteiger partial charge in [0.1, 0.15) is 6.04 Å². The van der Waals surface area contributed by atoms with E-state index in [9.17, 15) is 14.4 Å². The average Bonchev–Trinajstić information content (AvgIpc) is 2.28. The Morgan fingerprint density at radius 1 is 1.17 bits per heavy atom. The monoisotopic (exact) mass is 259 g/mol. The number of hydrogen-bond acceptors (Lipinski definition) is 3. The molecule has 0 aromatic heterocycles. The van der Waals surface area contributed by atoms with Gasteiger partial charge in [0.2, 0.25) is 5.91 Å². The summed E-state index contributed by atoms with van der Waals surface area (Å²) in [5, 5.41) is 19.7. The fraction of sp³-hybridized carbons (Fsp3) is 0.750. The van der Waals surface area contributed by atoms with Crippen molar-refractivity contribution in [3.05, 3.63) is 0 Å². The molecule has 6 nitrogen and oxygen atoms in total. The normalized spacial score (nSPS) is 13.7. The van der Waals surface area contributed by atoms with Gasteiger partial charge in [-0.1, -0.05) is 26.7 Å². The number of hydrogen-bond donors (Lipinski definition) is 3. The highest BCUT2D eigenvalue weighted by Crippen LogP contribution is 2.13. The zero-order chi connectivity index (χ0) is 14.1. The van der Waals surface area contributed by atoms with Crippen LogP contribution in [0.15, 0.2) is 0 Å². The molecule has 6 heteroatoms. The van der Waals surface area contributed by atoms with E-state index in [1.54, 1.807) is 0 Å².